The molecule has 1 saturated heterocycles. The minimum atomic E-state index is -0.419. The number of hydrogen-bond acceptors (Lipinski definition) is 5. The highest BCUT2D eigenvalue weighted by atomic mass is 16.6. The van der Waals surface area contributed by atoms with Gasteiger partial charge < -0.3 is 19.8 Å². The van der Waals surface area contributed by atoms with Crippen molar-refractivity contribution in [3.63, 3.8) is 0 Å². The summed E-state index contributed by atoms with van der Waals surface area (Å²) in [5.41, 5.74) is 1.28. The minimum absolute atomic E-state index is 0.0686. The first kappa shape index (κ1) is 16.4. The highest BCUT2D eigenvalue weighted by Crippen LogP contribution is 2.29. The second-order valence-corrected chi connectivity index (χ2v) is 6.05. The Morgan fingerprint density at radius 2 is 2.00 bits per heavy atom. The standard InChI is InChI=1S/C17H22N4O3/c1-19-13-18-16(21(22)23)17(19)20-10-7-15(8-11-20)24-12-9-14-5-3-2-4-6-14/h2-6,13,15H,7-12H2,1H3. The Bertz CT molecular complexity index is 678. The number of ether oxygens (including phenoxy) is 1. The van der Waals surface area contributed by atoms with E-state index in [0.29, 0.717) is 12.4 Å². The van der Waals surface area contributed by atoms with E-state index >= 15 is 0 Å². The van der Waals surface area contributed by atoms with Gasteiger partial charge >= 0.3 is 5.82 Å². The SMILES string of the molecule is Cn1cnc([N+](=O)[O-])c1N1CCC(OCCc2ccccc2)CC1. The average molecular weight is 330 g/mol. The van der Waals surface area contributed by atoms with E-state index in [1.54, 1.807) is 11.6 Å². The number of nitro groups is 1. The third-order valence-electron chi connectivity index (χ3n) is 4.39. The van der Waals surface area contributed by atoms with Crippen LogP contribution in [0.25, 0.3) is 0 Å². The molecule has 128 valence electrons. The molecule has 1 aliphatic rings. The Hall–Kier alpha value is -2.41. The number of benzene rings is 1. The average Bonchev–Trinajstić information content (AvgIpc) is 2.98. The fraction of sp³-hybridized carbons (Fsp3) is 0.471. The number of aryl methyl sites for hydroxylation is 1. The molecule has 0 unspecified atom stereocenters. The van der Waals surface area contributed by atoms with Crippen molar-refractivity contribution in [2.24, 2.45) is 7.05 Å². The van der Waals surface area contributed by atoms with Gasteiger partial charge in [0.2, 0.25) is 12.1 Å². The van der Waals surface area contributed by atoms with Crippen molar-refractivity contribution in [1.29, 1.82) is 0 Å². The van der Waals surface area contributed by atoms with Crippen molar-refractivity contribution < 1.29 is 9.66 Å². The molecule has 1 fully saturated rings. The van der Waals surface area contributed by atoms with Gasteiger partial charge in [-0.3, -0.25) is 4.57 Å². The van der Waals surface area contributed by atoms with Crippen LogP contribution in [0.3, 0.4) is 0 Å². The molecule has 7 heteroatoms. The van der Waals surface area contributed by atoms with E-state index in [9.17, 15) is 10.1 Å². The molecule has 1 aliphatic heterocycles. The summed E-state index contributed by atoms with van der Waals surface area (Å²) in [6.07, 6.45) is 4.37. The maximum atomic E-state index is 11.1. The number of rotatable bonds is 6. The summed E-state index contributed by atoms with van der Waals surface area (Å²) in [5, 5.41) is 11.1. The van der Waals surface area contributed by atoms with Crippen molar-refractivity contribution in [2.75, 3.05) is 24.6 Å². The molecule has 24 heavy (non-hydrogen) atoms. The smallest absolute Gasteiger partial charge is 0.378 e. The lowest BCUT2D eigenvalue weighted by Gasteiger charge is -2.32. The van der Waals surface area contributed by atoms with Crippen LogP contribution >= 0.6 is 0 Å². The van der Waals surface area contributed by atoms with Crippen molar-refractivity contribution in [3.05, 3.63) is 52.3 Å². The molecule has 2 aromatic rings. The molecule has 2 heterocycles. The lowest BCUT2D eigenvalue weighted by Crippen LogP contribution is -2.38. The first-order valence-electron chi connectivity index (χ1n) is 8.21. The molecule has 0 amide bonds. The lowest BCUT2D eigenvalue weighted by atomic mass is 10.1. The maximum Gasteiger partial charge on any atom is 0.406 e. The van der Waals surface area contributed by atoms with Crippen LogP contribution in [0.1, 0.15) is 18.4 Å². The zero-order valence-electron chi connectivity index (χ0n) is 13.8. The Kier molecular flexibility index (Phi) is 5.10. The molecule has 7 nitrogen and oxygen atoms in total. The molecule has 0 bridgehead atoms. The molecule has 3 rings (SSSR count). The van der Waals surface area contributed by atoms with Crippen LogP contribution in [0.5, 0.6) is 0 Å². The highest BCUT2D eigenvalue weighted by molar-refractivity contribution is 5.54. The Labute approximate surface area is 141 Å². The minimum Gasteiger partial charge on any atom is -0.378 e. The highest BCUT2D eigenvalue weighted by Gasteiger charge is 2.29. The zero-order chi connectivity index (χ0) is 16.9. The van der Waals surface area contributed by atoms with Crippen LogP contribution in [0.2, 0.25) is 0 Å². The Morgan fingerprint density at radius 1 is 1.29 bits per heavy atom. The van der Waals surface area contributed by atoms with Crippen molar-refractivity contribution in [1.82, 2.24) is 9.55 Å². The van der Waals surface area contributed by atoms with Crippen molar-refractivity contribution in [2.45, 2.75) is 25.4 Å². The monoisotopic (exact) mass is 330 g/mol. The summed E-state index contributed by atoms with van der Waals surface area (Å²) in [7, 11) is 1.79. The molecule has 0 saturated carbocycles. The van der Waals surface area contributed by atoms with Gasteiger partial charge in [0, 0.05) is 20.1 Å². The van der Waals surface area contributed by atoms with Gasteiger partial charge in [0.1, 0.15) is 0 Å². The maximum absolute atomic E-state index is 11.1. The molecule has 0 atom stereocenters. The van der Waals surface area contributed by atoms with E-state index in [2.05, 4.69) is 17.1 Å². The van der Waals surface area contributed by atoms with E-state index in [4.69, 9.17) is 4.74 Å². The topological polar surface area (TPSA) is 73.4 Å². The van der Waals surface area contributed by atoms with Crippen LogP contribution in [0.15, 0.2) is 36.7 Å². The number of imidazole rings is 1. The van der Waals surface area contributed by atoms with E-state index in [1.165, 1.54) is 11.9 Å². The van der Waals surface area contributed by atoms with Gasteiger partial charge in [0.15, 0.2) is 0 Å². The molecule has 0 spiro atoms. The quantitative estimate of drug-likeness (QED) is 0.601. The second kappa shape index (κ2) is 7.44. The summed E-state index contributed by atoms with van der Waals surface area (Å²) < 4.78 is 7.69. The molecule has 1 aromatic carbocycles. The normalized spacial score (nSPS) is 15.6. The van der Waals surface area contributed by atoms with Gasteiger partial charge in [-0.05, 0) is 34.7 Å². The third-order valence-corrected chi connectivity index (χ3v) is 4.39. The predicted octanol–water partition coefficient (Wildman–Crippen LogP) is 2.56. The summed E-state index contributed by atoms with van der Waals surface area (Å²) in [5.74, 6) is 0.517. The molecule has 0 aliphatic carbocycles. The summed E-state index contributed by atoms with van der Waals surface area (Å²) >= 11 is 0. The number of nitrogens with zero attached hydrogens (tertiary/aromatic N) is 4. The molecule has 0 N–H and O–H groups in total. The summed E-state index contributed by atoms with van der Waals surface area (Å²) in [4.78, 5) is 16.6. The molecular formula is C17H22N4O3. The number of piperidine rings is 1. The Balaban J connectivity index is 1.49. The van der Waals surface area contributed by atoms with E-state index in [-0.39, 0.29) is 11.9 Å². The van der Waals surface area contributed by atoms with Crippen LogP contribution in [-0.2, 0) is 18.2 Å². The van der Waals surface area contributed by atoms with Crippen molar-refractivity contribution >= 4 is 11.6 Å². The van der Waals surface area contributed by atoms with Gasteiger partial charge in [0.05, 0.1) is 12.7 Å². The first-order valence-corrected chi connectivity index (χ1v) is 8.21. The number of hydrogen-bond donors (Lipinski definition) is 0. The van der Waals surface area contributed by atoms with E-state index < -0.39 is 4.92 Å². The fourth-order valence-corrected chi connectivity index (χ4v) is 3.13. The van der Waals surface area contributed by atoms with Crippen LogP contribution in [0, 0.1) is 10.1 Å². The van der Waals surface area contributed by atoms with Crippen LogP contribution in [0.4, 0.5) is 11.6 Å². The Morgan fingerprint density at radius 3 is 2.67 bits per heavy atom. The van der Waals surface area contributed by atoms with Gasteiger partial charge in [-0.25, -0.2) is 0 Å². The van der Waals surface area contributed by atoms with Crippen molar-refractivity contribution in [3.8, 4) is 0 Å². The van der Waals surface area contributed by atoms with Gasteiger partial charge in [0.25, 0.3) is 0 Å². The van der Waals surface area contributed by atoms with E-state index in [1.807, 2.05) is 23.1 Å². The number of aromatic nitrogens is 2. The molecular weight excluding hydrogens is 308 g/mol. The third kappa shape index (κ3) is 3.73. The zero-order valence-corrected chi connectivity index (χ0v) is 13.8. The largest absolute Gasteiger partial charge is 0.406 e. The lowest BCUT2D eigenvalue weighted by molar-refractivity contribution is -0.388. The molecule has 0 radical (unpaired) electrons. The van der Waals surface area contributed by atoms with E-state index in [0.717, 1.165) is 32.4 Å². The van der Waals surface area contributed by atoms with Crippen LogP contribution in [-0.4, -0.2) is 40.3 Å². The van der Waals surface area contributed by atoms with Gasteiger partial charge in [-0.1, -0.05) is 30.3 Å². The number of anilines is 1. The van der Waals surface area contributed by atoms with Gasteiger partial charge in [-0.15, -0.1) is 0 Å². The van der Waals surface area contributed by atoms with Gasteiger partial charge in [-0.2, -0.15) is 0 Å². The summed E-state index contributed by atoms with van der Waals surface area (Å²) in [6.45, 7) is 2.20. The first-order chi connectivity index (χ1) is 11.6. The fourth-order valence-electron chi connectivity index (χ4n) is 3.13. The predicted molar refractivity (Wildman–Crippen MR) is 91.2 cm³/mol. The summed E-state index contributed by atoms with van der Waals surface area (Å²) in [6, 6.07) is 10.3. The van der Waals surface area contributed by atoms with Crippen LogP contribution < -0.4 is 4.90 Å². The second-order valence-electron chi connectivity index (χ2n) is 6.05. The molecule has 1 aromatic heterocycles.